The minimum Gasteiger partial charge on any atom is -0.464 e. The number of amides is 1. The SMILES string of the molecule is CCNC(C)(C)C(=O)NC(C)C(=O)OCC. The lowest BCUT2D eigenvalue weighted by molar-refractivity contribution is -0.147. The van der Waals surface area contributed by atoms with Gasteiger partial charge in [0, 0.05) is 0 Å². The summed E-state index contributed by atoms with van der Waals surface area (Å²) in [6, 6.07) is -0.620. The molecule has 0 radical (unpaired) electrons. The van der Waals surface area contributed by atoms with Gasteiger partial charge in [0.1, 0.15) is 6.04 Å². The Kier molecular flexibility index (Phi) is 6.03. The van der Waals surface area contributed by atoms with E-state index in [4.69, 9.17) is 4.74 Å². The number of rotatable bonds is 6. The molecule has 1 atom stereocenters. The van der Waals surface area contributed by atoms with Crippen molar-refractivity contribution in [3.05, 3.63) is 0 Å². The molecule has 1 amide bonds. The second kappa shape index (κ2) is 6.48. The van der Waals surface area contributed by atoms with Crippen LogP contribution in [0, 0.1) is 0 Å². The highest BCUT2D eigenvalue weighted by Crippen LogP contribution is 2.02. The molecule has 0 aromatic rings. The highest BCUT2D eigenvalue weighted by molar-refractivity contribution is 5.89. The van der Waals surface area contributed by atoms with Crippen molar-refractivity contribution in [2.24, 2.45) is 0 Å². The molecule has 0 saturated heterocycles. The van der Waals surface area contributed by atoms with E-state index < -0.39 is 17.6 Å². The predicted octanol–water partition coefficient (Wildman–Crippen LogP) is 0.442. The van der Waals surface area contributed by atoms with E-state index in [0.717, 1.165) is 0 Å². The summed E-state index contributed by atoms with van der Waals surface area (Å²) in [7, 11) is 0. The Bertz CT molecular complexity index is 252. The molecule has 1 unspecified atom stereocenters. The lowest BCUT2D eigenvalue weighted by Crippen LogP contribution is -2.55. The zero-order valence-electron chi connectivity index (χ0n) is 10.7. The molecule has 0 heterocycles. The van der Waals surface area contributed by atoms with Crippen LogP contribution in [0.15, 0.2) is 0 Å². The first-order valence-corrected chi connectivity index (χ1v) is 5.57. The molecule has 0 aliphatic heterocycles. The van der Waals surface area contributed by atoms with Gasteiger partial charge in [0.05, 0.1) is 12.1 Å². The largest absolute Gasteiger partial charge is 0.464 e. The van der Waals surface area contributed by atoms with Gasteiger partial charge in [-0.3, -0.25) is 4.79 Å². The monoisotopic (exact) mass is 230 g/mol. The Balaban J connectivity index is 4.28. The Morgan fingerprint density at radius 3 is 2.31 bits per heavy atom. The Morgan fingerprint density at radius 2 is 1.88 bits per heavy atom. The third kappa shape index (κ3) is 4.61. The molecule has 94 valence electrons. The number of carbonyl (C=O) groups is 2. The van der Waals surface area contributed by atoms with Crippen LogP contribution in [0.25, 0.3) is 0 Å². The molecule has 5 nitrogen and oxygen atoms in total. The van der Waals surface area contributed by atoms with Gasteiger partial charge in [0.15, 0.2) is 0 Å². The fraction of sp³-hybridized carbons (Fsp3) is 0.818. The van der Waals surface area contributed by atoms with E-state index in [0.29, 0.717) is 13.2 Å². The van der Waals surface area contributed by atoms with Crippen LogP contribution >= 0.6 is 0 Å². The summed E-state index contributed by atoms with van der Waals surface area (Å²) in [5.41, 5.74) is -0.685. The van der Waals surface area contributed by atoms with Crippen LogP contribution in [0.4, 0.5) is 0 Å². The molecule has 2 N–H and O–H groups in total. The van der Waals surface area contributed by atoms with Gasteiger partial charge in [-0.05, 0) is 34.2 Å². The summed E-state index contributed by atoms with van der Waals surface area (Å²) in [5, 5.41) is 5.65. The molecule has 16 heavy (non-hydrogen) atoms. The topological polar surface area (TPSA) is 67.4 Å². The average Bonchev–Trinajstić information content (AvgIpc) is 2.17. The molecular formula is C11H22N2O3. The van der Waals surface area contributed by atoms with Crippen molar-refractivity contribution >= 4 is 11.9 Å². The number of hydrogen-bond donors (Lipinski definition) is 2. The van der Waals surface area contributed by atoms with Crippen molar-refractivity contribution in [1.82, 2.24) is 10.6 Å². The van der Waals surface area contributed by atoms with E-state index in [9.17, 15) is 9.59 Å². The van der Waals surface area contributed by atoms with E-state index in [1.807, 2.05) is 6.92 Å². The maximum Gasteiger partial charge on any atom is 0.328 e. The molecule has 0 aromatic carbocycles. The molecule has 0 aliphatic carbocycles. The van der Waals surface area contributed by atoms with Crippen LogP contribution in [0.5, 0.6) is 0 Å². The Morgan fingerprint density at radius 1 is 1.31 bits per heavy atom. The van der Waals surface area contributed by atoms with Crippen LogP contribution in [0.3, 0.4) is 0 Å². The minimum atomic E-state index is -0.685. The van der Waals surface area contributed by atoms with Crippen molar-refractivity contribution in [2.75, 3.05) is 13.2 Å². The minimum absolute atomic E-state index is 0.213. The van der Waals surface area contributed by atoms with Crippen molar-refractivity contribution in [2.45, 2.75) is 46.2 Å². The number of nitrogens with one attached hydrogen (secondary N) is 2. The molecule has 0 rings (SSSR count). The summed E-state index contributed by atoms with van der Waals surface area (Å²) in [6.07, 6.45) is 0. The smallest absolute Gasteiger partial charge is 0.328 e. The van der Waals surface area contributed by atoms with E-state index in [1.54, 1.807) is 27.7 Å². The summed E-state index contributed by atoms with van der Waals surface area (Å²) < 4.78 is 4.80. The third-order valence-electron chi connectivity index (χ3n) is 2.17. The summed E-state index contributed by atoms with van der Waals surface area (Å²) in [4.78, 5) is 23.1. The van der Waals surface area contributed by atoms with E-state index in [2.05, 4.69) is 10.6 Å². The summed E-state index contributed by atoms with van der Waals surface area (Å²) >= 11 is 0. The average molecular weight is 230 g/mol. The highest BCUT2D eigenvalue weighted by Gasteiger charge is 2.29. The van der Waals surface area contributed by atoms with Crippen molar-refractivity contribution < 1.29 is 14.3 Å². The van der Waals surface area contributed by atoms with Gasteiger partial charge in [0.2, 0.25) is 5.91 Å². The van der Waals surface area contributed by atoms with E-state index in [1.165, 1.54) is 0 Å². The molecule has 0 saturated carbocycles. The highest BCUT2D eigenvalue weighted by atomic mass is 16.5. The summed E-state index contributed by atoms with van der Waals surface area (Å²) in [6.45, 7) is 9.80. The van der Waals surface area contributed by atoms with Gasteiger partial charge in [0.25, 0.3) is 0 Å². The molecule has 0 bridgehead atoms. The summed E-state index contributed by atoms with van der Waals surface area (Å²) in [5.74, 6) is -0.627. The second-order valence-electron chi connectivity index (χ2n) is 4.10. The van der Waals surface area contributed by atoms with Crippen LogP contribution in [-0.4, -0.2) is 36.6 Å². The van der Waals surface area contributed by atoms with Gasteiger partial charge in [-0.1, -0.05) is 6.92 Å². The molecule has 0 aromatic heterocycles. The van der Waals surface area contributed by atoms with Crippen LogP contribution in [0.1, 0.15) is 34.6 Å². The molecular weight excluding hydrogens is 208 g/mol. The number of likely N-dealkylation sites (N-methyl/N-ethyl adjacent to an activating group) is 1. The van der Waals surface area contributed by atoms with Gasteiger partial charge < -0.3 is 15.4 Å². The first kappa shape index (κ1) is 14.9. The molecule has 0 fully saturated rings. The number of ether oxygens (including phenoxy) is 1. The van der Waals surface area contributed by atoms with Crippen LogP contribution in [0.2, 0.25) is 0 Å². The number of hydrogen-bond acceptors (Lipinski definition) is 4. The lowest BCUT2D eigenvalue weighted by atomic mass is 10.0. The normalized spacial score (nSPS) is 13.1. The van der Waals surface area contributed by atoms with Gasteiger partial charge in [-0.25, -0.2) is 4.79 Å². The van der Waals surface area contributed by atoms with Gasteiger partial charge in [-0.15, -0.1) is 0 Å². The van der Waals surface area contributed by atoms with Gasteiger partial charge >= 0.3 is 5.97 Å². The van der Waals surface area contributed by atoms with Crippen molar-refractivity contribution in [3.63, 3.8) is 0 Å². The fourth-order valence-electron chi connectivity index (χ4n) is 1.23. The number of esters is 1. The Hall–Kier alpha value is -1.10. The predicted molar refractivity (Wildman–Crippen MR) is 62.0 cm³/mol. The molecule has 0 spiro atoms. The standard InChI is InChI=1S/C11H22N2O3/c1-6-12-11(4,5)10(15)13-8(3)9(14)16-7-2/h8,12H,6-7H2,1-5H3,(H,13,15). The third-order valence-corrected chi connectivity index (χ3v) is 2.17. The van der Waals surface area contributed by atoms with Gasteiger partial charge in [-0.2, -0.15) is 0 Å². The van der Waals surface area contributed by atoms with Crippen LogP contribution < -0.4 is 10.6 Å². The maximum atomic E-state index is 11.8. The maximum absolute atomic E-state index is 11.8. The fourth-order valence-corrected chi connectivity index (χ4v) is 1.23. The Labute approximate surface area is 96.9 Å². The number of carbonyl (C=O) groups excluding carboxylic acids is 2. The first-order chi connectivity index (χ1) is 7.35. The zero-order valence-corrected chi connectivity index (χ0v) is 10.7. The molecule has 0 aliphatic rings. The van der Waals surface area contributed by atoms with E-state index in [-0.39, 0.29) is 5.91 Å². The second-order valence-corrected chi connectivity index (χ2v) is 4.10. The zero-order chi connectivity index (χ0) is 12.8. The van der Waals surface area contributed by atoms with Crippen LogP contribution in [-0.2, 0) is 14.3 Å². The lowest BCUT2D eigenvalue weighted by Gasteiger charge is -2.26. The van der Waals surface area contributed by atoms with E-state index >= 15 is 0 Å². The first-order valence-electron chi connectivity index (χ1n) is 5.57. The van der Waals surface area contributed by atoms with Crippen molar-refractivity contribution in [3.8, 4) is 0 Å². The van der Waals surface area contributed by atoms with Crippen molar-refractivity contribution in [1.29, 1.82) is 0 Å². The quantitative estimate of drug-likeness (QED) is 0.650. The molecule has 5 heteroatoms.